The van der Waals surface area contributed by atoms with E-state index < -0.39 is 0 Å². The summed E-state index contributed by atoms with van der Waals surface area (Å²) in [5.74, 6) is 0. The molecule has 0 bridgehead atoms. The van der Waals surface area contributed by atoms with Crippen molar-refractivity contribution < 1.29 is 0 Å². The molecule has 1 rings (SSSR count). The van der Waals surface area contributed by atoms with Crippen molar-refractivity contribution in [2.75, 3.05) is 11.5 Å². The van der Waals surface area contributed by atoms with Gasteiger partial charge in [-0.2, -0.15) is 0 Å². The molecule has 1 aromatic carbocycles. The lowest BCUT2D eigenvalue weighted by Crippen LogP contribution is -1.87. The molecule has 0 heterocycles. The van der Waals surface area contributed by atoms with Crippen molar-refractivity contribution in [1.29, 1.82) is 0 Å². The van der Waals surface area contributed by atoms with Crippen LogP contribution in [0, 0.1) is 0 Å². The van der Waals surface area contributed by atoms with Gasteiger partial charge in [0, 0.05) is 11.4 Å². The topological polar surface area (TPSA) is 52.0 Å². The molecule has 4 N–H and O–H groups in total. The molecule has 0 unspecified atom stereocenters. The maximum Gasteiger partial charge on any atom is 0.0334 e. The molecular weight excluding hydrogens is 148 g/mol. The predicted octanol–water partition coefficient (Wildman–Crippen LogP) is 2.90. The van der Waals surface area contributed by atoms with Gasteiger partial charge in [0.25, 0.3) is 0 Å². The maximum atomic E-state index is 5.38. The average molecular weight is 168 g/mol. The standard InChI is InChI=1S/C6H8N2.2C2H6/c7-5-2-1-3-6(8)4-5;2*1-2/h1-4H,7-8H2;2*1-2H3. The van der Waals surface area contributed by atoms with Crippen LogP contribution in [0.15, 0.2) is 24.3 Å². The smallest absolute Gasteiger partial charge is 0.0334 e. The van der Waals surface area contributed by atoms with Gasteiger partial charge in [0.2, 0.25) is 0 Å². The van der Waals surface area contributed by atoms with E-state index in [9.17, 15) is 0 Å². The van der Waals surface area contributed by atoms with Crippen molar-refractivity contribution in [2.24, 2.45) is 0 Å². The summed E-state index contributed by atoms with van der Waals surface area (Å²) in [5.41, 5.74) is 12.2. The number of hydrogen-bond donors (Lipinski definition) is 2. The fraction of sp³-hybridized carbons (Fsp3) is 0.400. The van der Waals surface area contributed by atoms with E-state index in [4.69, 9.17) is 11.5 Å². The molecule has 2 heteroatoms. The Labute approximate surface area is 75.6 Å². The van der Waals surface area contributed by atoms with E-state index in [-0.39, 0.29) is 0 Å². The molecule has 0 aliphatic heterocycles. The van der Waals surface area contributed by atoms with Crippen LogP contribution in [0.4, 0.5) is 11.4 Å². The van der Waals surface area contributed by atoms with Gasteiger partial charge in [-0.3, -0.25) is 0 Å². The molecule has 2 nitrogen and oxygen atoms in total. The van der Waals surface area contributed by atoms with Gasteiger partial charge >= 0.3 is 0 Å². The predicted molar refractivity (Wildman–Crippen MR) is 58.0 cm³/mol. The largest absolute Gasteiger partial charge is 0.399 e. The second-order valence-electron chi connectivity index (χ2n) is 1.67. The van der Waals surface area contributed by atoms with Crippen molar-refractivity contribution in [3.63, 3.8) is 0 Å². The van der Waals surface area contributed by atoms with Crippen LogP contribution in [0.5, 0.6) is 0 Å². The van der Waals surface area contributed by atoms with Gasteiger partial charge in [-0.25, -0.2) is 0 Å². The summed E-state index contributed by atoms with van der Waals surface area (Å²) in [5, 5.41) is 0. The lowest BCUT2D eigenvalue weighted by Gasteiger charge is -1.91. The lowest BCUT2D eigenvalue weighted by atomic mass is 10.3. The molecule has 12 heavy (non-hydrogen) atoms. The number of rotatable bonds is 0. The Kier molecular flexibility index (Phi) is 11.0. The highest BCUT2D eigenvalue weighted by Gasteiger charge is 1.81. The van der Waals surface area contributed by atoms with Gasteiger partial charge in [-0.05, 0) is 18.2 Å². The van der Waals surface area contributed by atoms with E-state index >= 15 is 0 Å². The highest BCUT2D eigenvalue weighted by Crippen LogP contribution is 2.06. The first kappa shape index (κ1) is 13.4. The van der Waals surface area contributed by atoms with Gasteiger partial charge in [0.15, 0.2) is 0 Å². The Morgan fingerprint density at radius 1 is 0.833 bits per heavy atom. The summed E-state index contributed by atoms with van der Waals surface area (Å²) >= 11 is 0. The van der Waals surface area contributed by atoms with Gasteiger partial charge in [-0.1, -0.05) is 33.8 Å². The average Bonchev–Trinajstić information content (AvgIpc) is 2.11. The molecule has 0 aliphatic carbocycles. The van der Waals surface area contributed by atoms with Crippen molar-refractivity contribution in [3.05, 3.63) is 24.3 Å². The minimum atomic E-state index is 0.713. The zero-order valence-electron chi connectivity index (χ0n) is 8.46. The van der Waals surface area contributed by atoms with Crippen molar-refractivity contribution >= 4 is 11.4 Å². The summed E-state index contributed by atoms with van der Waals surface area (Å²) in [7, 11) is 0. The number of benzene rings is 1. The van der Waals surface area contributed by atoms with Crippen LogP contribution >= 0.6 is 0 Å². The molecular formula is C10H20N2. The van der Waals surface area contributed by atoms with Gasteiger partial charge in [0.05, 0.1) is 0 Å². The zero-order chi connectivity index (χ0) is 9.98. The van der Waals surface area contributed by atoms with Gasteiger partial charge in [-0.15, -0.1) is 0 Å². The third-order valence-corrected chi connectivity index (χ3v) is 0.911. The molecule has 0 aromatic heterocycles. The normalized spacial score (nSPS) is 7.00. The molecule has 0 spiro atoms. The van der Waals surface area contributed by atoms with Crippen LogP contribution in [-0.2, 0) is 0 Å². The van der Waals surface area contributed by atoms with E-state index in [2.05, 4.69) is 0 Å². The third-order valence-electron chi connectivity index (χ3n) is 0.911. The molecule has 0 amide bonds. The fourth-order valence-electron chi connectivity index (χ4n) is 0.559. The van der Waals surface area contributed by atoms with E-state index in [1.54, 1.807) is 18.2 Å². The number of anilines is 2. The summed E-state index contributed by atoms with van der Waals surface area (Å²) in [6.45, 7) is 8.00. The SMILES string of the molecule is CC.CC.Nc1cccc(N)c1. The zero-order valence-corrected chi connectivity index (χ0v) is 8.46. The van der Waals surface area contributed by atoms with Crippen LogP contribution in [-0.4, -0.2) is 0 Å². The van der Waals surface area contributed by atoms with Crippen molar-refractivity contribution in [1.82, 2.24) is 0 Å². The first-order chi connectivity index (χ1) is 5.79. The second kappa shape index (κ2) is 9.82. The van der Waals surface area contributed by atoms with Crippen LogP contribution in [0.2, 0.25) is 0 Å². The van der Waals surface area contributed by atoms with Crippen molar-refractivity contribution in [2.45, 2.75) is 27.7 Å². The van der Waals surface area contributed by atoms with E-state index in [0.717, 1.165) is 0 Å². The minimum Gasteiger partial charge on any atom is -0.399 e. The van der Waals surface area contributed by atoms with Crippen LogP contribution in [0.25, 0.3) is 0 Å². The number of hydrogen-bond acceptors (Lipinski definition) is 2. The van der Waals surface area contributed by atoms with E-state index in [0.29, 0.717) is 11.4 Å². The molecule has 0 fully saturated rings. The van der Waals surface area contributed by atoms with E-state index in [1.807, 2.05) is 33.8 Å². The molecule has 0 aliphatic rings. The highest BCUT2D eigenvalue weighted by molar-refractivity contribution is 5.50. The Hall–Kier alpha value is -1.18. The summed E-state index contributed by atoms with van der Waals surface area (Å²) in [4.78, 5) is 0. The van der Waals surface area contributed by atoms with Crippen LogP contribution in [0.1, 0.15) is 27.7 Å². The van der Waals surface area contributed by atoms with Crippen LogP contribution < -0.4 is 11.5 Å². The lowest BCUT2D eigenvalue weighted by molar-refractivity contribution is 1.50. The Morgan fingerprint density at radius 2 is 1.17 bits per heavy atom. The Morgan fingerprint density at radius 3 is 1.33 bits per heavy atom. The van der Waals surface area contributed by atoms with E-state index in [1.165, 1.54) is 0 Å². The number of nitrogens with two attached hydrogens (primary N) is 2. The summed E-state index contributed by atoms with van der Waals surface area (Å²) < 4.78 is 0. The molecule has 70 valence electrons. The highest BCUT2D eigenvalue weighted by atomic mass is 14.6. The first-order valence-electron chi connectivity index (χ1n) is 4.40. The Bertz CT molecular complexity index is 168. The second-order valence-corrected chi connectivity index (χ2v) is 1.67. The third kappa shape index (κ3) is 6.93. The summed E-state index contributed by atoms with van der Waals surface area (Å²) in [6, 6.07) is 7.15. The maximum absolute atomic E-state index is 5.38. The fourth-order valence-corrected chi connectivity index (χ4v) is 0.559. The number of nitrogen functional groups attached to an aromatic ring is 2. The summed E-state index contributed by atoms with van der Waals surface area (Å²) in [6.07, 6.45) is 0. The molecule has 0 radical (unpaired) electrons. The first-order valence-corrected chi connectivity index (χ1v) is 4.40. The molecule has 0 saturated heterocycles. The molecule has 0 saturated carbocycles. The monoisotopic (exact) mass is 168 g/mol. The quantitative estimate of drug-likeness (QED) is 0.585. The van der Waals surface area contributed by atoms with Gasteiger partial charge in [0.1, 0.15) is 0 Å². The minimum absolute atomic E-state index is 0.713. The molecule has 1 aromatic rings. The molecule has 0 atom stereocenters. The van der Waals surface area contributed by atoms with Gasteiger partial charge < -0.3 is 11.5 Å². The van der Waals surface area contributed by atoms with Crippen molar-refractivity contribution in [3.8, 4) is 0 Å². The van der Waals surface area contributed by atoms with Crippen LogP contribution in [0.3, 0.4) is 0 Å². The Balaban J connectivity index is 0.